The minimum atomic E-state index is -0.677. The van der Waals surface area contributed by atoms with Gasteiger partial charge in [0.1, 0.15) is 24.8 Å². The largest absolute Gasteiger partial charge is 0.483 e. The van der Waals surface area contributed by atoms with E-state index >= 15 is 0 Å². The lowest BCUT2D eigenvalue weighted by Crippen LogP contribution is -2.02. The number of pyridine rings is 1. The number of hydrogen-bond acceptors (Lipinski definition) is 3. The van der Waals surface area contributed by atoms with E-state index in [9.17, 15) is 8.78 Å². The highest BCUT2D eigenvalue weighted by Gasteiger charge is 2.09. The summed E-state index contributed by atoms with van der Waals surface area (Å²) in [6.45, 7) is 0.666. The first-order valence-corrected chi connectivity index (χ1v) is 9.97. The summed E-state index contributed by atoms with van der Waals surface area (Å²) in [4.78, 5) is 4.36. The van der Waals surface area contributed by atoms with Crippen LogP contribution in [0.15, 0.2) is 91.1 Å². The molecule has 0 unspecified atom stereocenters. The Morgan fingerprint density at radius 3 is 1.84 bits per heavy atom. The van der Waals surface area contributed by atoms with E-state index in [0.717, 1.165) is 17.2 Å². The van der Waals surface area contributed by atoms with Crippen molar-refractivity contribution in [2.75, 3.05) is 0 Å². The van der Waals surface area contributed by atoms with Crippen LogP contribution in [-0.4, -0.2) is 4.98 Å². The zero-order valence-electron chi connectivity index (χ0n) is 17.1. The minimum absolute atomic E-state index is 0.235. The van der Waals surface area contributed by atoms with Gasteiger partial charge in [0.05, 0.1) is 0 Å². The molecule has 0 fully saturated rings. The van der Waals surface area contributed by atoms with Gasteiger partial charge in [-0.2, -0.15) is 0 Å². The molecule has 0 spiro atoms. The van der Waals surface area contributed by atoms with Crippen molar-refractivity contribution in [2.45, 2.75) is 13.2 Å². The van der Waals surface area contributed by atoms with Crippen LogP contribution < -0.4 is 9.47 Å². The summed E-state index contributed by atoms with van der Waals surface area (Å²) < 4.78 is 38.6. The Morgan fingerprint density at radius 2 is 1.22 bits per heavy atom. The van der Waals surface area contributed by atoms with Gasteiger partial charge in [-0.3, -0.25) is 0 Å². The van der Waals surface area contributed by atoms with Gasteiger partial charge in [-0.15, -0.1) is 0 Å². The SMILES string of the molecule is Fc1cc(F)cc(C#Cc2cnc(OCc3ccccc3)c(OCc3ccccc3)c2)c1. The number of hydrogen-bond donors (Lipinski definition) is 0. The van der Waals surface area contributed by atoms with Crippen molar-refractivity contribution < 1.29 is 18.3 Å². The number of nitrogens with zero attached hydrogens (tertiary/aromatic N) is 1. The maximum Gasteiger partial charge on any atom is 0.257 e. The number of benzene rings is 3. The highest BCUT2D eigenvalue weighted by molar-refractivity contribution is 5.47. The lowest BCUT2D eigenvalue weighted by Gasteiger charge is -2.12. The second-order valence-corrected chi connectivity index (χ2v) is 6.98. The van der Waals surface area contributed by atoms with Crippen molar-refractivity contribution in [3.8, 4) is 23.5 Å². The highest BCUT2D eigenvalue weighted by atomic mass is 19.1. The summed E-state index contributed by atoms with van der Waals surface area (Å²) in [5, 5.41) is 0. The fraction of sp³-hybridized carbons (Fsp3) is 0.0741. The van der Waals surface area contributed by atoms with Gasteiger partial charge in [-0.25, -0.2) is 13.8 Å². The first-order valence-electron chi connectivity index (χ1n) is 9.97. The van der Waals surface area contributed by atoms with Crippen LogP contribution in [0, 0.1) is 23.5 Å². The molecular formula is C27H19F2NO2. The Bertz CT molecular complexity index is 1230. The predicted octanol–water partition coefficient (Wildman–Crippen LogP) is 5.92. The Hall–Kier alpha value is -4.17. The van der Waals surface area contributed by atoms with Gasteiger partial charge in [0.2, 0.25) is 0 Å². The van der Waals surface area contributed by atoms with E-state index in [-0.39, 0.29) is 5.56 Å². The number of halogens is 2. The molecule has 0 aliphatic carbocycles. The van der Waals surface area contributed by atoms with Gasteiger partial charge in [-0.1, -0.05) is 72.5 Å². The molecule has 5 heteroatoms. The second kappa shape index (κ2) is 10.2. The zero-order valence-corrected chi connectivity index (χ0v) is 17.1. The monoisotopic (exact) mass is 427 g/mol. The van der Waals surface area contributed by atoms with Gasteiger partial charge in [0, 0.05) is 29.5 Å². The summed E-state index contributed by atoms with van der Waals surface area (Å²) in [6, 6.07) is 24.3. The summed E-state index contributed by atoms with van der Waals surface area (Å²) >= 11 is 0. The molecule has 4 aromatic rings. The molecule has 0 saturated heterocycles. The first kappa shape index (κ1) is 21.1. The van der Waals surface area contributed by atoms with Gasteiger partial charge >= 0.3 is 0 Å². The van der Waals surface area contributed by atoms with E-state index in [0.29, 0.717) is 30.4 Å². The van der Waals surface area contributed by atoms with Gasteiger partial charge < -0.3 is 9.47 Å². The average molecular weight is 427 g/mol. The molecule has 0 amide bonds. The third kappa shape index (κ3) is 5.93. The third-order valence-electron chi connectivity index (χ3n) is 4.49. The maximum absolute atomic E-state index is 13.4. The van der Waals surface area contributed by atoms with E-state index in [2.05, 4.69) is 16.8 Å². The minimum Gasteiger partial charge on any atom is -0.483 e. The standard InChI is InChI=1S/C27H19F2NO2/c28-24-13-22(14-25(29)16-24)11-12-23-15-26(31-18-20-7-3-1-4-8-20)27(30-17-23)32-19-21-9-5-2-6-10-21/h1-10,13-17H,18-19H2. The highest BCUT2D eigenvalue weighted by Crippen LogP contribution is 2.27. The third-order valence-corrected chi connectivity index (χ3v) is 4.49. The van der Waals surface area contributed by atoms with Crippen molar-refractivity contribution in [3.05, 3.63) is 125 Å². The maximum atomic E-state index is 13.4. The van der Waals surface area contributed by atoms with Gasteiger partial charge in [-0.05, 0) is 23.3 Å². The number of ether oxygens (including phenoxy) is 2. The molecule has 3 nitrogen and oxygen atoms in total. The molecule has 0 saturated carbocycles. The molecule has 0 atom stereocenters. The van der Waals surface area contributed by atoms with Crippen molar-refractivity contribution >= 4 is 0 Å². The summed E-state index contributed by atoms with van der Waals surface area (Å²) in [5.74, 6) is 5.05. The van der Waals surface area contributed by atoms with E-state index in [1.807, 2.05) is 60.7 Å². The van der Waals surface area contributed by atoms with Crippen molar-refractivity contribution in [3.63, 3.8) is 0 Å². The molecule has 0 radical (unpaired) electrons. The number of rotatable bonds is 6. The normalized spacial score (nSPS) is 10.2. The molecule has 1 heterocycles. The molecule has 1 aromatic heterocycles. The topological polar surface area (TPSA) is 31.4 Å². The zero-order chi connectivity index (χ0) is 22.2. The predicted molar refractivity (Wildman–Crippen MR) is 118 cm³/mol. The van der Waals surface area contributed by atoms with Crippen molar-refractivity contribution in [1.82, 2.24) is 4.98 Å². The molecule has 0 aliphatic rings. The van der Waals surface area contributed by atoms with Crippen molar-refractivity contribution in [2.24, 2.45) is 0 Å². The first-order chi connectivity index (χ1) is 15.7. The van der Waals surface area contributed by atoms with Crippen LogP contribution >= 0.6 is 0 Å². The van der Waals surface area contributed by atoms with Crippen LogP contribution in [0.5, 0.6) is 11.6 Å². The van der Waals surface area contributed by atoms with Gasteiger partial charge in [0.25, 0.3) is 5.88 Å². The lowest BCUT2D eigenvalue weighted by molar-refractivity contribution is 0.247. The molecule has 0 bridgehead atoms. The molecule has 0 aliphatic heterocycles. The second-order valence-electron chi connectivity index (χ2n) is 6.98. The fourth-order valence-corrected chi connectivity index (χ4v) is 2.94. The van der Waals surface area contributed by atoms with Crippen molar-refractivity contribution in [1.29, 1.82) is 0 Å². The summed E-state index contributed by atoms with van der Waals surface area (Å²) in [5.41, 5.74) is 2.76. The fourth-order valence-electron chi connectivity index (χ4n) is 2.94. The Labute approximate surface area is 185 Å². The van der Waals surface area contributed by atoms with E-state index in [4.69, 9.17) is 9.47 Å². The molecule has 3 aromatic carbocycles. The van der Waals surface area contributed by atoms with Gasteiger partial charge in [0.15, 0.2) is 5.75 Å². The summed E-state index contributed by atoms with van der Waals surface area (Å²) in [6.07, 6.45) is 1.54. The number of aromatic nitrogens is 1. The van der Waals surface area contributed by atoms with Crippen LogP contribution in [0.1, 0.15) is 22.3 Å². The Morgan fingerprint density at radius 1 is 0.656 bits per heavy atom. The van der Waals surface area contributed by atoms with E-state index < -0.39 is 11.6 Å². The summed E-state index contributed by atoms with van der Waals surface area (Å²) in [7, 11) is 0. The van der Waals surface area contributed by atoms with Crippen LogP contribution in [0.3, 0.4) is 0 Å². The average Bonchev–Trinajstić information content (AvgIpc) is 2.81. The Kier molecular flexibility index (Phi) is 6.74. The van der Waals surface area contributed by atoms with Crippen LogP contribution in [-0.2, 0) is 13.2 Å². The lowest BCUT2D eigenvalue weighted by atomic mass is 10.2. The van der Waals surface area contributed by atoms with Crippen LogP contribution in [0.4, 0.5) is 8.78 Å². The Balaban J connectivity index is 1.57. The quantitative estimate of drug-likeness (QED) is 0.358. The van der Waals surface area contributed by atoms with Crippen LogP contribution in [0.25, 0.3) is 0 Å². The molecule has 0 N–H and O–H groups in total. The molecule has 4 rings (SSSR count). The van der Waals surface area contributed by atoms with Crippen LogP contribution in [0.2, 0.25) is 0 Å². The molecule has 158 valence electrons. The van der Waals surface area contributed by atoms with E-state index in [1.54, 1.807) is 12.3 Å². The smallest absolute Gasteiger partial charge is 0.257 e. The molecular weight excluding hydrogens is 408 g/mol. The van der Waals surface area contributed by atoms with E-state index in [1.165, 1.54) is 12.1 Å². The molecule has 32 heavy (non-hydrogen) atoms.